The fraction of sp³-hybridized carbons (Fsp3) is 0.200. The van der Waals surface area contributed by atoms with E-state index >= 15 is 0 Å². The zero-order valence-corrected chi connectivity index (χ0v) is 13.8. The van der Waals surface area contributed by atoms with Crippen LogP contribution < -0.4 is 9.47 Å². The first-order valence-corrected chi connectivity index (χ1v) is 7.90. The van der Waals surface area contributed by atoms with Crippen LogP contribution in [0.1, 0.15) is 0 Å². The highest BCUT2D eigenvalue weighted by atomic mass is 32.2. The maximum Gasteiger partial charge on any atom is 0.313 e. The summed E-state index contributed by atoms with van der Waals surface area (Å²) >= 11 is 1.13. The van der Waals surface area contributed by atoms with Gasteiger partial charge in [0, 0.05) is 5.56 Å². The third-order valence-corrected chi connectivity index (χ3v) is 4.13. The highest BCUT2D eigenvalue weighted by molar-refractivity contribution is 7.99. The minimum absolute atomic E-state index is 0.0632. The number of aliphatic carboxylic acids is 1. The lowest BCUT2D eigenvalue weighted by molar-refractivity contribution is -0.133. The first-order chi connectivity index (χ1) is 11.6. The smallest absolute Gasteiger partial charge is 0.313 e. The van der Waals surface area contributed by atoms with Crippen LogP contribution in [0.4, 0.5) is 0 Å². The van der Waals surface area contributed by atoms with Crippen molar-refractivity contribution in [3.05, 3.63) is 30.3 Å². The van der Waals surface area contributed by atoms with Crippen molar-refractivity contribution in [2.45, 2.75) is 5.03 Å². The molecule has 0 aliphatic rings. The number of carboxylic acid groups (broad SMARTS) is 1. The molecule has 0 bridgehead atoms. The Bertz CT molecular complexity index is 896. The molecule has 124 valence electrons. The van der Waals surface area contributed by atoms with Crippen LogP contribution in [0.15, 0.2) is 35.4 Å². The number of benzene rings is 1. The number of nitrogens with zero attached hydrogens (tertiary/aromatic N) is 4. The average Bonchev–Trinajstić information content (AvgIpc) is 3.02. The van der Waals surface area contributed by atoms with Crippen LogP contribution in [-0.4, -0.2) is 50.9 Å². The number of hydrogen-bond acceptors (Lipinski definition) is 7. The predicted molar refractivity (Wildman–Crippen MR) is 87.7 cm³/mol. The summed E-state index contributed by atoms with van der Waals surface area (Å²) in [5, 5.41) is 22.0. The Kier molecular flexibility index (Phi) is 4.52. The van der Waals surface area contributed by atoms with Crippen LogP contribution in [0.25, 0.3) is 17.0 Å². The van der Waals surface area contributed by atoms with Gasteiger partial charge < -0.3 is 14.6 Å². The van der Waals surface area contributed by atoms with E-state index in [2.05, 4.69) is 15.3 Å². The highest BCUT2D eigenvalue weighted by Crippen LogP contribution is 2.31. The minimum atomic E-state index is -0.897. The Hall–Kier alpha value is -2.81. The number of fused-ring (bicyclic) bond motifs is 1. The standard InChI is InChI=1S/C15H14N4O4S/c1-22-10-4-3-9(7-11(10)23-2)15-17-16-12-5-6-13(18-19(12)15)24-8-14(20)21/h3-7H,8H2,1-2H3,(H,20,21). The van der Waals surface area contributed by atoms with E-state index in [1.807, 2.05) is 6.07 Å². The van der Waals surface area contributed by atoms with Crippen LogP contribution >= 0.6 is 11.8 Å². The highest BCUT2D eigenvalue weighted by Gasteiger charge is 2.13. The van der Waals surface area contributed by atoms with Crippen molar-refractivity contribution in [2.24, 2.45) is 0 Å². The van der Waals surface area contributed by atoms with Crippen LogP contribution in [0.2, 0.25) is 0 Å². The third kappa shape index (κ3) is 3.11. The first-order valence-electron chi connectivity index (χ1n) is 6.92. The quantitative estimate of drug-likeness (QED) is 0.677. The molecule has 8 nitrogen and oxygen atoms in total. The molecule has 3 rings (SSSR count). The molecule has 1 N–H and O–H groups in total. The van der Waals surface area contributed by atoms with E-state index in [1.165, 1.54) is 0 Å². The second-order valence-corrected chi connectivity index (χ2v) is 5.71. The molecule has 0 saturated carbocycles. The van der Waals surface area contributed by atoms with E-state index in [4.69, 9.17) is 14.6 Å². The fourth-order valence-corrected chi connectivity index (χ4v) is 2.72. The molecule has 0 unspecified atom stereocenters. The molecule has 0 atom stereocenters. The van der Waals surface area contributed by atoms with E-state index in [0.717, 1.165) is 17.3 Å². The van der Waals surface area contributed by atoms with Crippen LogP contribution in [-0.2, 0) is 4.79 Å². The van der Waals surface area contributed by atoms with Crippen molar-refractivity contribution in [1.82, 2.24) is 19.8 Å². The van der Waals surface area contributed by atoms with Gasteiger partial charge in [-0.05, 0) is 30.3 Å². The molecule has 0 radical (unpaired) electrons. The fourth-order valence-electron chi connectivity index (χ4n) is 2.14. The Morgan fingerprint density at radius 2 is 1.96 bits per heavy atom. The number of rotatable bonds is 6. The molecule has 0 saturated heterocycles. The molecule has 0 aliphatic carbocycles. The van der Waals surface area contributed by atoms with Crippen molar-refractivity contribution in [1.29, 1.82) is 0 Å². The lowest BCUT2D eigenvalue weighted by Gasteiger charge is -2.08. The summed E-state index contributed by atoms with van der Waals surface area (Å²) in [6.45, 7) is 0. The predicted octanol–water partition coefficient (Wildman–Crippen LogP) is 1.99. The Morgan fingerprint density at radius 1 is 1.17 bits per heavy atom. The molecule has 0 spiro atoms. The molecular weight excluding hydrogens is 332 g/mol. The van der Waals surface area contributed by atoms with Crippen LogP contribution in [0.3, 0.4) is 0 Å². The van der Waals surface area contributed by atoms with Gasteiger partial charge in [0.05, 0.1) is 20.0 Å². The van der Waals surface area contributed by atoms with Gasteiger partial charge in [-0.3, -0.25) is 4.79 Å². The first kappa shape index (κ1) is 16.1. The summed E-state index contributed by atoms with van der Waals surface area (Å²) in [7, 11) is 3.12. The zero-order chi connectivity index (χ0) is 17.1. The summed E-state index contributed by atoms with van der Waals surface area (Å²) < 4.78 is 12.1. The SMILES string of the molecule is COc1ccc(-c2nnc3ccc(SCC(=O)O)nn23)cc1OC. The molecular formula is C15H14N4O4S. The second kappa shape index (κ2) is 6.75. The average molecular weight is 346 g/mol. The number of carboxylic acids is 1. The van der Waals surface area contributed by atoms with E-state index in [0.29, 0.717) is 28.0 Å². The van der Waals surface area contributed by atoms with Crippen molar-refractivity contribution in [3.63, 3.8) is 0 Å². The van der Waals surface area contributed by atoms with Crippen molar-refractivity contribution < 1.29 is 19.4 Å². The van der Waals surface area contributed by atoms with Gasteiger partial charge in [0.25, 0.3) is 0 Å². The Balaban J connectivity index is 2.03. The number of ether oxygens (including phenoxy) is 2. The molecule has 2 aromatic heterocycles. The lowest BCUT2D eigenvalue weighted by Crippen LogP contribution is -2.01. The maximum atomic E-state index is 10.7. The number of hydrogen-bond donors (Lipinski definition) is 1. The molecule has 24 heavy (non-hydrogen) atoms. The van der Waals surface area contributed by atoms with Gasteiger partial charge >= 0.3 is 5.97 Å². The maximum absolute atomic E-state index is 10.7. The molecule has 0 amide bonds. The number of aromatic nitrogens is 4. The summed E-state index contributed by atoms with van der Waals surface area (Å²) in [6.07, 6.45) is 0. The molecule has 1 aromatic carbocycles. The van der Waals surface area contributed by atoms with Gasteiger partial charge in [0.15, 0.2) is 23.0 Å². The summed E-state index contributed by atoms with van der Waals surface area (Å²) in [5.41, 5.74) is 1.33. The van der Waals surface area contributed by atoms with Crippen LogP contribution in [0, 0.1) is 0 Å². The van der Waals surface area contributed by atoms with Crippen molar-refractivity contribution >= 4 is 23.4 Å². The third-order valence-electron chi connectivity index (χ3n) is 3.22. The Labute approximate surface area is 141 Å². The van der Waals surface area contributed by atoms with Gasteiger partial charge in [-0.25, -0.2) is 0 Å². The van der Waals surface area contributed by atoms with Gasteiger partial charge in [-0.1, -0.05) is 11.8 Å². The summed E-state index contributed by atoms with van der Waals surface area (Å²) in [6, 6.07) is 8.85. The summed E-state index contributed by atoms with van der Waals surface area (Å²) in [5.74, 6) is 0.755. The van der Waals surface area contributed by atoms with Crippen LogP contribution in [0.5, 0.6) is 11.5 Å². The van der Waals surface area contributed by atoms with E-state index in [9.17, 15) is 4.79 Å². The lowest BCUT2D eigenvalue weighted by atomic mass is 10.2. The van der Waals surface area contributed by atoms with Gasteiger partial charge in [0.2, 0.25) is 0 Å². The van der Waals surface area contributed by atoms with Gasteiger partial charge in [-0.15, -0.1) is 10.2 Å². The Morgan fingerprint density at radius 3 is 2.67 bits per heavy atom. The van der Waals surface area contributed by atoms with E-state index in [1.54, 1.807) is 43.0 Å². The van der Waals surface area contributed by atoms with Gasteiger partial charge in [-0.2, -0.15) is 9.61 Å². The molecule has 3 aromatic rings. The zero-order valence-electron chi connectivity index (χ0n) is 13.0. The minimum Gasteiger partial charge on any atom is -0.493 e. The summed E-state index contributed by atoms with van der Waals surface area (Å²) in [4.78, 5) is 10.7. The van der Waals surface area contributed by atoms with E-state index < -0.39 is 5.97 Å². The van der Waals surface area contributed by atoms with Crippen molar-refractivity contribution in [3.8, 4) is 22.9 Å². The van der Waals surface area contributed by atoms with E-state index in [-0.39, 0.29) is 5.75 Å². The number of carbonyl (C=O) groups is 1. The number of thioether (sulfide) groups is 1. The van der Waals surface area contributed by atoms with Crippen molar-refractivity contribution in [2.75, 3.05) is 20.0 Å². The normalized spacial score (nSPS) is 10.8. The molecule has 9 heteroatoms. The molecule has 0 aliphatic heterocycles. The monoisotopic (exact) mass is 346 g/mol. The largest absolute Gasteiger partial charge is 0.493 e. The number of methoxy groups -OCH3 is 2. The molecule has 0 fully saturated rings. The molecule has 2 heterocycles. The topological polar surface area (TPSA) is 98.8 Å². The van der Waals surface area contributed by atoms with Gasteiger partial charge in [0.1, 0.15) is 5.03 Å². The second-order valence-electron chi connectivity index (χ2n) is 4.72.